The van der Waals surface area contributed by atoms with Crippen LogP contribution in [0, 0.1) is 6.92 Å². The van der Waals surface area contributed by atoms with Crippen molar-refractivity contribution in [3.8, 4) is 0 Å². The lowest BCUT2D eigenvalue weighted by Crippen LogP contribution is -2.36. The van der Waals surface area contributed by atoms with Crippen molar-refractivity contribution in [3.05, 3.63) is 11.4 Å². The Morgan fingerprint density at radius 3 is 2.57 bits per heavy atom. The van der Waals surface area contributed by atoms with Crippen LogP contribution in [0.5, 0.6) is 0 Å². The van der Waals surface area contributed by atoms with Crippen molar-refractivity contribution in [2.45, 2.75) is 26.2 Å². The highest BCUT2D eigenvalue weighted by Gasteiger charge is 2.21. The van der Waals surface area contributed by atoms with Crippen molar-refractivity contribution in [1.29, 1.82) is 0 Å². The number of likely N-dealkylation sites (tertiary alicyclic amines) is 1. The van der Waals surface area contributed by atoms with Crippen molar-refractivity contribution < 1.29 is 4.79 Å². The Morgan fingerprint density at radius 2 is 2.00 bits per heavy atom. The third kappa shape index (κ3) is 1.62. The van der Waals surface area contributed by atoms with Gasteiger partial charge in [0.05, 0.1) is 5.69 Å². The molecule has 1 N–H and O–H groups in total. The number of amides is 1. The summed E-state index contributed by atoms with van der Waals surface area (Å²) in [6.45, 7) is 3.50. The van der Waals surface area contributed by atoms with Gasteiger partial charge in [0.1, 0.15) is 0 Å². The van der Waals surface area contributed by atoms with Crippen LogP contribution < -0.4 is 0 Å². The highest BCUT2D eigenvalue weighted by atomic mass is 16.2. The molecule has 0 unspecified atom stereocenters. The second kappa shape index (κ2) is 3.77. The van der Waals surface area contributed by atoms with Crippen LogP contribution in [0.3, 0.4) is 0 Å². The fourth-order valence-electron chi connectivity index (χ4n) is 1.73. The van der Waals surface area contributed by atoms with E-state index in [4.69, 9.17) is 0 Å². The van der Waals surface area contributed by atoms with E-state index in [9.17, 15) is 4.79 Å². The van der Waals surface area contributed by atoms with E-state index in [0.717, 1.165) is 25.9 Å². The monoisotopic (exact) mass is 194 g/mol. The number of carbonyl (C=O) groups is 1. The van der Waals surface area contributed by atoms with E-state index in [1.165, 1.54) is 6.42 Å². The maximum absolute atomic E-state index is 11.9. The molecule has 1 aromatic rings. The standard InChI is InChI=1S/C9H14N4O/c1-7-8(11-12-10-7)9(14)13-5-3-2-4-6-13/h2-6H2,1H3,(H,10,11,12). The lowest BCUT2D eigenvalue weighted by Gasteiger charge is -2.25. The van der Waals surface area contributed by atoms with Crippen LogP contribution in [-0.4, -0.2) is 39.3 Å². The molecule has 2 rings (SSSR count). The van der Waals surface area contributed by atoms with Crippen molar-refractivity contribution in [2.75, 3.05) is 13.1 Å². The second-order valence-corrected chi connectivity index (χ2v) is 3.61. The SMILES string of the molecule is Cc1n[nH]nc1C(=O)N1CCCCC1. The van der Waals surface area contributed by atoms with Gasteiger partial charge < -0.3 is 4.90 Å². The first kappa shape index (κ1) is 9.18. The van der Waals surface area contributed by atoms with Crippen molar-refractivity contribution >= 4 is 5.91 Å². The Morgan fingerprint density at radius 1 is 1.29 bits per heavy atom. The largest absolute Gasteiger partial charge is 0.337 e. The number of carbonyl (C=O) groups excluding carboxylic acids is 1. The zero-order chi connectivity index (χ0) is 9.97. The molecule has 0 spiro atoms. The van der Waals surface area contributed by atoms with Crippen LogP contribution in [0.25, 0.3) is 0 Å². The normalized spacial score (nSPS) is 17.1. The molecule has 76 valence electrons. The molecule has 0 atom stereocenters. The molecule has 1 aliphatic heterocycles. The summed E-state index contributed by atoms with van der Waals surface area (Å²) < 4.78 is 0. The molecule has 14 heavy (non-hydrogen) atoms. The minimum absolute atomic E-state index is 0.0101. The van der Waals surface area contributed by atoms with E-state index in [1.807, 2.05) is 4.90 Å². The van der Waals surface area contributed by atoms with Gasteiger partial charge in [-0.25, -0.2) is 0 Å². The van der Waals surface area contributed by atoms with Crippen molar-refractivity contribution in [3.63, 3.8) is 0 Å². The van der Waals surface area contributed by atoms with Crippen LogP contribution in [0.15, 0.2) is 0 Å². The maximum atomic E-state index is 11.9. The van der Waals surface area contributed by atoms with Crippen LogP contribution in [0.1, 0.15) is 35.4 Å². The number of rotatable bonds is 1. The van der Waals surface area contributed by atoms with Gasteiger partial charge in [0.15, 0.2) is 5.69 Å². The van der Waals surface area contributed by atoms with Crippen LogP contribution in [0.2, 0.25) is 0 Å². The topological polar surface area (TPSA) is 61.9 Å². The summed E-state index contributed by atoms with van der Waals surface area (Å²) in [5, 5.41) is 10.2. The number of aryl methyl sites for hydroxylation is 1. The summed E-state index contributed by atoms with van der Waals surface area (Å²) in [6.07, 6.45) is 3.42. The van der Waals surface area contributed by atoms with Crippen LogP contribution >= 0.6 is 0 Å². The number of nitrogens with zero attached hydrogens (tertiary/aromatic N) is 3. The lowest BCUT2D eigenvalue weighted by atomic mass is 10.1. The lowest BCUT2D eigenvalue weighted by molar-refractivity contribution is 0.0717. The summed E-state index contributed by atoms with van der Waals surface area (Å²) in [7, 11) is 0. The zero-order valence-electron chi connectivity index (χ0n) is 8.29. The van der Waals surface area contributed by atoms with Gasteiger partial charge in [0, 0.05) is 13.1 Å². The molecule has 0 aliphatic carbocycles. The zero-order valence-corrected chi connectivity index (χ0v) is 8.29. The number of aromatic nitrogens is 3. The molecule has 1 aromatic heterocycles. The number of aromatic amines is 1. The second-order valence-electron chi connectivity index (χ2n) is 3.61. The average Bonchev–Trinajstić information content (AvgIpc) is 2.65. The molecule has 1 saturated heterocycles. The van der Waals surface area contributed by atoms with Gasteiger partial charge >= 0.3 is 0 Å². The molecule has 0 radical (unpaired) electrons. The maximum Gasteiger partial charge on any atom is 0.276 e. The Hall–Kier alpha value is -1.39. The average molecular weight is 194 g/mol. The van der Waals surface area contributed by atoms with Crippen LogP contribution in [0.4, 0.5) is 0 Å². The number of H-pyrrole nitrogens is 1. The van der Waals surface area contributed by atoms with Gasteiger partial charge in [-0.15, -0.1) is 0 Å². The fraction of sp³-hybridized carbons (Fsp3) is 0.667. The summed E-state index contributed by atoms with van der Waals surface area (Å²) in [5.74, 6) is 0.0101. The first-order valence-electron chi connectivity index (χ1n) is 4.95. The fourth-order valence-corrected chi connectivity index (χ4v) is 1.73. The predicted molar refractivity (Wildman–Crippen MR) is 50.9 cm³/mol. The third-order valence-corrected chi connectivity index (χ3v) is 2.57. The Balaban J connectivity index is 2.11. The van der Waals surface area contributed by atoms with E-state index in [2.05, 4.69) is 15.4 Å². The van der Waals surface area contributed by atoms with Crippen LogP contribution in [-0.2, 0) is 0 Å². The first-order chi connectivity index (χ1) is 6.79. The van der Waals surface area contributed by atoms with Gasteiger partial charge in [0.25, 0.3) is 5.91 Å². The smallest absolute Gasteiger partial charge is 0.276 e. The van der Waals surface area contributed by atoms with Crippen molar-refractivity contribution in [1.82, 2.24) is 20.3 Å². The predicted octanol–water partition coefficient (Wildman–Crippen LogP) is 0.739. The molecule has 1 aliphatic rings. The Kier molecular flexibility index (Phi) is 2.47. The third-order valence-electron chi connectivity index (χ3n) is 2.57. The van der Waals surface area contributed by atoms with Gasteiger partial charge in [-0.05, 0) is 26.2 Å². The summed E-state index contributed by atoms with van der Waals surface area (Å²) in [4.78, 5) is 13.7. The molecular formula is C9H14N4O. The summed E-state index contributed by atoms with van der Waals surface area (Å²) >= 11 is 0. The molecular weight excluding hydrogens is 180 g/mol. The molecule has 5 heteroatoms. The van der Waals surface area contributed by atoms with E-state index in [0.29, 0.717) is 11.4 Å². The summed E-state index contributed by atoms with van der Waals surface area (Å²) in [6, 6.07) is 0. The quantitative estimate of drug-likeness (QED) is 0.717. The number of hydrogen-bond acceptors (Lipinski definition) is 3. The van der Waals surface area contributed by atoms with Gasteiger partial charge in [-0.2, -0.15) is 15.4 Å². The summed E-state index contributed by atoms with van der Waals surface area (Å²) in [5.41, 5.74) is 1.15. The molecule has 5 nitrogen and oxygen atoms in total. The van der Waals surface area contributed by atoms with Gasteiger partial charge in [-0.3, -0.25) is 4.79 Å². The van der Waals surface area contributed by atoms with Gasteiger partial charge in [0.2, 0.25) is 0 Å². The van der Waals surface area contributed by atoms with E-state index in [-0.39, 0.29) is 5.91 Å². The Labute approximate surface area is 82.5 Å². The van der Waals surface area contributed by atoms with Gasteiger partial charge in [-0.1, -0.05) is 0 Å². The van der Waals surface area contributed by atoms with E-state index >= 15 is 0 Å². The molecule has 0 bridgehead atoms. The van der Waals surface area contributed by atoms with E-state index in [1.54, 1.807) is 6.92 Å². The molecule has 1 amide bonds. The minimum atomic E-state index is 0.0101. The highest BCUT2D eigenvalue weighted by molar-refractivity contribution is 5.93. The Bertz CT molecular complexity index is 327. The number of hydrogen-bond donors (Lipinski definition) is 1. The van der Waals surface area contributed by atoms with Crippen molar-refractivity contribution in [2.24, 2.45) is 0 Å². The molecule has 2 heterocycles. The van der Waals surface area contributed by atoms with E-state index < -0.39 is 0 Å². The number of nitrogens with one attached hydrogen (secondary N) is 1. The molecule has 0 saturated carbocycles. The molecule has 1 fully saturated rings. The number of piperidine rings is 1. The minimum Gasteiger partial charge on any atom is -0.337 e. The molecule has 0 aromatic carbocycles. The highest BCUT2D eigenvalue weighted by Crippen LogP contribution is 2.12. The first-order valence-corrected chi connectivity index (χ1v) is 4.95.